The van der Waals surface area contributed by atoms with Crippen LogP contribution in [0.3, 0.4) is 0 Å². The van der Waals surface area contributed by atoms with Gasteiger partial charge in [-0.25, -0.2) is 9.97 Å². The van der Waals surface area contributed by atoms with Gasteiger partial charge in [0.15, 0.2) is 11.5 Å². The summed E-state index contributed by atoms with van der Waals surface area (Å²) in [5.74, 6) is 2.03. The lowest BCUT2D eigenvalue weighted by atomic mass is 9.98. The zero-order chi connectivity index (χ0) is 19.7. The molecule has 28 heavy (non-hydrogen) atoms. The second-order valence-corrected chi connectivity index (χ2v) is 7.34. The van der Waals surface area contributed by atoms with E-state index in [1.807, 2.05) is 24.0 Å². The number of aryl methyl sites for hydroxylation is 1. The van der Waals surface area contributed by atoms with E-state index in [2.05, 4.69) is 14.9 Å². The number of amides is 1. The van der Waals surface area contributed by atoms with Crippen molar-refractivity contribution in [3.63, 3.8) is 0 Å². The summed E-state index contributed by atoms with van der Waals surface area (Å²) in [7, 11) is 3.26. The van der Waals surface area contributed by atoms with E-state index in [1.54, 1.807) is 20.3 Å². The molecule has 0 radical (unpaired) electrons. The Morgan fingerprint density at radius 3 is 2.32 bits per heavy atom. The highest BCUT2D eigenvalue weighted by Crippen LogP contribution is 2.33. The van der Waals surface area contributed by atoms with Gasteiger partial charge in [0.2, 0.25) is 5.95 Å². The highest BCUT2D eigenvalue weighted by molar-refractivity contribution is 5.93. The summed E-state index contributed by atoms with van der Waals surface area (Å²) < 4.78 is 10.8. The molecule has 2 aliphatic heterocycles. The third-order valence-corrected chi connectivity index (χ3v) is 5.46. The predicted molar refractivity (Wildman–Crippen MR) is 106 cm³/mol. The van der Waals surface area contributed by atoms with Crippen molar-refractivity contribution in [2.24, 2.45) is 0 Å². The van der Waals surface area contributed by atoms with Gasteiger partial charge in [-0.3, -0.25) is 4.79 Å². The fourth-order valence-electron chi connectivity index (χ4n) is 3.94. The van der Waals surface area contributed by atoms with Crippen molar-refractivity contribution < 1.29 is 14.3 Å². The van der Waals surface area contributed by atoms with E-state index in [-0.39, 0.29) is 5.91 Å². The zero-order valence-electron chi connectivity index (χ0n) is 16.7. The summed E-state index contributed by atoms with van der Waals surface area (Å²) in [6, 6.07) is 5.76. The van der Waals surface area contributed by atoms with Gasteiger partial charge in [0.05, 0.1) is 14.2 Å². The van der Waals surface area contributed by atoms with E-state index in [1.165, 1.54) is 5.56 Å². The molecule has 2 aromatic rings. The molecule has 148 valence electrons. The first-order chi connectivity index (χ1) is 13.6. The minimum Gasteiger partial charge on any atom is -0.493 e. The average molecular weight is 382 g/mol. The molecule has 0 spiro atoms. The lowest BCUT2D eigenvalue weighted by molar-refractivity contribution is 0.0728. The van der Waals surface area contributed by atoms with Crippen LogP contribution >= 0.6 is 0 Å². The van der Waals surface area contributed by atoms with Crippen LogP contribution < -0.4 is 14.4 Å². The Balaban J connectivity index is 1.58. The number of anilines is 1. The van der Waals surface area contributed by atoms with Crippen LogP contribution in [0.4, 0.5) is 5.95 Å². The minimum absolute atomic E-state index is 0.0496. The fraction of sp³-hybridized carbons (Fsp3) is 0.476. The number of fused-ring (bicyclic) bond motifs is 1. The van der Waals surface area contributed by atoms with Gasteiger partial charge in [-0.2, -0.15) is 0 Å². The molecule has 1 aromatic carbocycles. The van der Waals surface area contributed by atoms with E-state index in [0.29, 0.717) is 30.5 Å². The lowest BCUT2D eigenvalue weighted by Gasteiger charge is -2.29. The maximum Gasteiger partial charge on any atom is 0.272 e. The van der Waals surface area contributed by atoms with Gasteiger partial charge in [0.25, 0.3) is 5.91 Å². The van der Waals surface area contributed by atoms with Gasteiger partial charge >= 0.3 is 0 Å². The molecular formula is C21H26N4O3. The van der Waals surface area contributed by atoms with Gasteiger partial charge in [-0.05, 0) is 55.5 Å². The van der Waals surface area contributed by atoms with Crippen LogP contribution in [-0.2, 0) is 13.0 Å². The summed E-state index contributed by atoms with van der Waals surface area (Å²) in [5, 5.41) is 0. The van der Waals surface area contributed by atoms with Crippen LogP contribution in [0.15, 0.2) is 18.2 Å². The molecule has 0 aliphatic carbocycles. The summed E-state index contributed by atoms with van der Waals surface area (Å²) in [6.07, 6.45) is 3.08. The highest BCUT2D eigenvalue weighted by Gasteiger charge is 2.26. The molecular weight excluding hydrogens is 356 g/mol. The Kier molecular flexibility index (Phi) is 5.07. The van der Waals surface area contributed by atoms with Crippen LogP contribution in [0.5, 0.6) is 11.5 Å². The monoisotopic (exact) mass is 382 g/mol. The molecule has 0 saturated carbocycles. The Bertz CT molecular complexity index is 893. The number of methoxy groups -OCH3 is 2. The van der Waals surface area contributed by atoms with Crippen LogP contribution in [-0.4, -0.2) is 54.6 Å². The predicted octanol–water partition coefficient (Wildman–Crippen LogP) is 2.60. The van der Waals surface area contributed by atoms with Crippen molar-refractivity contribution in [1.82, 2.24) is 14.9 Å². The zero-order valence-corrected chi connectivity index (χ0v) is 16.7. The molecule has 2 aliphatic rings. The maximum atomic E-state index is 13.2. The van der Waals surface area contributed by atoms with Crippen molar-refractivity contribution in [2.75, 3.05) is 38.8 Å². The number of carbonyl (C=O) groups excluding carboxylic acids is 1. The molecule has 0 unspecified atom stereocenters. The molecule has 1 amide bonds. The van der Waals surface area contributed by atoms with Crippen molar-refractivity contribution in [1.29, 1.82) is 0 Å². The molecule has 0 bridgehead atoms. The van der Waals surface area contributed by atoms with E-state index in [4.69, 9.17) is 9.47 Å². The molecule has 0 atom stereocenters. The molecule has 0 N–H and O–H groups in total. The maximum absolute atomic E-state index is 13.2. The second-order valence-electron chi connectivity index (χ2n) is 7.34. The summed E-state index contributed by atoms with van der Waals surface area (Å²) in [4.78, 5) is 26.3. The standard InChI is InChI=1S/C21H26N4O3/c1-14-10-17(23-21(22-14)24-7-4-5-8-24)20(26)25-9-6-15-11-18(27-2)19(28-3)12-16(15)13-25/h10-12H,4-9,13H2,1-3H3. The lowest BCUT2D eigenvalue weighted by Crippen LogP contribution is -2.37. The van der Waals surface area contributed by atoms with Crippen LogP contribution in [0.1, 0.15) is 40.2 Å². The van der Waals surface area contributed by atoms with Crippen molar-refractivity contribution in [3.05, 3.63) is 40.7 Å². The van der Waals surface area contributed by atoms with E-state index >= 15 is 0 Å². The fourth-order valence-corrected chi connectivity index (χ4v) is 3.94. The third kappa shape index (κ3) is 3.48. The number of aromatic nitrogens is 2. The topological polar surface area (TPSA) is 67.8 Å². The smallest absolute Gasteiger partial charge is 0.272 e. The largest absolute Gasteiger partial charge is 0.493 e. The average Bonchev–Trinajstić information content (AvgIpc) is 3.26. The number of ether oxygens (including phenoxy) is 2. The quantitative estimate of drug-likeness (QED) is 0.810. The number of nitrogens with zero attached hydrogens (tertiary/aromatic N) is 4. The molecule has 1 saturated heterocycles. The summed E-state index contributed by atoms with van der Waals surface area (Å²) >= 11 is 0. The Morgan fingerprint density at radius 1 is 0.964 bits per heavy atom. The number of hydrogen-bond acceptors (Lipinski definition) is 6. The van der Waals surface area contributed by atoms with Crippen LogP contribution in [0.2, 0.25) is 0 Å². The van der Waals surface area contributed by atoms with Crippen molar-refractivity contribution in [3.8, 4) is 11.5 Å². The first-order valence-electron chi connectivity index (χ1n) is 9.72. The molecule has 4 rings (SSSR count). The van der Waals surface area contributed by atoms with Crippen LogP contribution in [0, 0.1) is 6.92 Å². The Labute approximate surface area is 165 Å². The first kappa shape index (κ1) is 18.5. The number of hydrogen-bond donors (Lipinski definition) is 0. The Morgan fingerprint density at radius 2 is 1.64 bits per heavy atom. The van der Waals surface area contributed by atoms with Crippen molar-refractivity contribution >= 4 is 11.9 Å². The normalized spacial score (nSPS) is 16.1. The van der Waals surface area contributed by atoms with Crippen molar-refractivity contribution in [2.45, 2.75) is 32.7 Å². The van der Waals surface area contributed by atoms with Crippen LogP contribution in [0.25, 0.3) is 0 Å². The van der Waals surface area contributed by atoms with E-state index in [0.717, 1.165) is 49.4 Å². The second kappa shape index (κ2) is 7.66. The van der Waals surface area contributed by atoms with Gasteiger partial charge in [-0.1, -0.05) is 0 Å². The SMILES string of the molecule is COc1cc2c(cc1OC)CN(C(=O)c1cc(C)nc(N3CCCC3)n1)CC2. The van der Waals surface area contributed by atoms with E-state index < -0.39 is 0 Å². The third-order valence-electron chi connectivity index (χ3n) is 5.46. The van der Waals surface area contributed by atoms with Gasteiger partial charge in [0, 0.05) is 31.9 Å². The molecule has 3 heterocycles. The first-order valence-corrected chi connectivity index (χ1v) is 9.72. The minimum atomic E-state index is -0.0496. The number of rotatable bonds is 4. The Hall–Kier alpha value is -2.83. The van der Waals surface area contributed by atoms with Gasteiger partial charge in [-0.15, -0.1) is 0 Å². The molecule has 7 heteroatoms. The number of benzene rings is 1. The van der Waals surface area contributed by atoms with Gasteiger partial charge in [0.1, 0.15) is 5.69 Å². The molecule has 1 aromatic heterocycles. The molecule has 7 nitrogen and oxygen atoms in total. The number of carbonyl (C=O) groups is 1. The summed E-state index contributed by atoms with van der Waals surface area (Å²) in [6.45, 7) is 5.02. The molecule has 1 fully saturated rings. The summed E-state index contributed by atoms with van der Waals surface area (Å²) in [5.41, 5.74) is 3.57. The van der Waals surface area contributed by atoms with E-state index in [9.17, 15) is 4.79 Å². The van der Waals surface area contributed by atoms with Gasteiger partial charge < -0.3 is 19.3 Å². The highest BCUT2D eigenvalue weighted by atomic mass is 16.5.